The number of ketones is 1. The van der Waals surface area contributed by atoms with Crippen molar-refractivity contribution in [3.8, 4) is 11.3 Å². The molecule has 161 valence electrons. The normalized spacial score (nSPS) is 10.9. The first-order valence-corrected chi connectivity index (χ1v) is 9.77. The summed E-state index contributed by atoms with van der Waals surface area (Å²) in [7, 11) is 0. The van der Waals surface area contributed by atoms with Gasteiger partial charge in [0.1, 0.15) is 0 Å². The van der Waals surface area contributed by atoms with Crippen molar-refractivity contribution in [2.24, 2.45) is 0 Å². The summed E-state index contributed by atoms with van der Waals surface area (Å²) < 4.78 is 0. The minimum absolute atomic E-state index is 0. The van der Waals surface area contributed by atoms with Crippen molar-refractivity contribution in [3.05, 3.63) is 75.5 Å². The Hall–Kier alpha value is -2.29. The van der Waals surface area contributed by atoms with Gasteiger partial charge in [-0.05, 0) is 63.1 Å². The van der Waals surface area contributed by atoms with Crippen LogP contribution in [0.5, 0.6) is 0 Å². The number of aliphatic hydroxyl groups is 1. The van der Waals surface area contributed by atoms with Gasteiger partial charge in [-0.1, -0.05) is 32.9 Å². The van der Waals surface area contributed by atoms with E-state index >= 15 is 0 Å². The minimum atomic E-state index is -0.125. The number of pyridine rings is 1. The molecule has 1 aromatic heterocycles. The van der Waals surface area contributed by atoms with Crippen LogP contribution in [0.1, 0.15) is 47.2 Å². The van der Waals surface area contributed by atoms with E-state index in [1.807, 2.05) is 0 Å². The van der Waals surface area contributed by atoms with Crippen LogP contribution < -0.4 is 0 Å². The van der Waals surface area contributed by atoms with Gasteiger partial charge in [0.15, 0.2) is 5.78 Å². The number of fused-ring (bicyclic) bond motifs is 1. The Morgan fingerprint density at radius 3 is 2.10 bits per heavy atom. The van der Waals surface area contributed by atoms with Crippen molar-refractivity contribution in [2.75, 3.05) is 0 Å². The number of allylic oxidation sites excluding steroid dienone is 2. The first-order chi connectivity index (χ1) is 13.5. The Morgan fingerprint density at radius 1 is 0.933 bits per heavy atom. The predicted octanol–water partition coefficient (Wildman–Crippen LogP) is 6.59. The number of hydrogen-bond acceptors (Lipinski definition) is 3. The standard InChI is InChI=1S/C21H22N.C5H8O2.Ir/c1-12-9-15(4)19(10-13(12)2)20-8-7-18-17(6)16(5)14(3)11-21(18)22-20;1-4(6)3-5(2)7;/h7-9,11H,1-6H3;3,6H,1-2H3;/q-1;;/b;4-3-;. The number of aliphatic hydroxyl groups excluding tert-OH is 1. The molecule has 3 aromatic rings. The molecule has 0 atom stereocenters. The summed E-state index contributed by atoms with van der Waals surface area (Å²) in [5.41, 5.74) is 10.9. The number of carbonyl (C=O) groups excluding carboxylic acids is 1. The average molecular weight is 581 g/mol. The maximum Gasteiger partial charge on any atom is 0.155 e. The number of rotatable bonds is 2. The number of nitrogens with zero attached hydrogens (tertiary/aromatic N) is 1. The van der Waals surface area contributed by atoms with Crippen LogP contribution in [0.4, 0.5) is 0 Å². The van der Waals surface area contributed by atoms with Crippen molar-refractivity contribution < 1.29 is 30.0 Å². The molecule has 0 unspecified atom stereocenters. The number of aromatic nitrogens is 1. The number of hydrogen-bond donors (Lipinski definition) is 1. The van der Waals surface area contributed by atoms with E-state index in [1.165, 1.54) is 58.7 Å². The van der Waals surface area contributed by atoms with E-state index in [9.17, 15) is 4.79 Å². The third-order valence-electron chi connectivity index (χ3n) is 5.24. The van der Waals surface area contributed by atoms with E-state index in [4.69, 9.17) is 10.1 Å². The van der Waals surface area contributed by atoms with Gasteiger partial charge in [-0.3, -0.25) is 9.78 Å². The largest absolute Gasteiger partial charge is 0.512 e. The third kappa shape index (κ3) is 6.10. The molecule has 2 aromatic carbocycles. The van der Waals surface area contributed by atoms with Crippen LogP contribution in [0, 0.1) is 47.6 Å². The molecule has 1 radical (unpaired) electrons. The predicted molar refractivity (Wildman–Crippen MR) is 122 cm³/mol. The second-order valence-electron chi connectivity index (χ2n) is 7.74. The summed E-state index contributed by atoms with van der Waals surface area (Å²) in [6.07, 6.45) is 1.17. The van der Waals surface area contributed by atoms with Crippen molar-refractivity contribution in [1.82, 2.24) is 4.98 Å². The van der Waals surface area contributed by atoms with E-state index in [0.29, 0.717) is 0 Å². The van der Waals surface area contributed by atoms with Gasteiger partial charge in [0.2, 0.25) is 0 Å². The van der Waals surface area contributed by atoms with Crippen LogP contribution in [-0.4, -0.2) is 15.9 Å². The molecule has 30 heavy (non-hydrogen) atoms. The zero-order chi connectivity index (χ0) is 21.9. The van der Waals surface area contributed by atoms with Gasteiger partial charge in [-0.15, -0.1) is 34.4 Å². The maximum atomic E-state index is 10.0. The molecule has 1 heterocycles. The Morgan fingerprint density at radius 2 is 1.57 bits per heavy atom. The molecule has 0 aliphatic rings. The van der Waals surface area contributed by atoms with E-state index in [1.54, 1.807) is 0 Å². The quantitative estimate of drug-likeness (QED) is 0.212. The molecule has 3 rings (SSSR count). The van der Waals surface area contributed by atoms with Gasteiger partial charge in [0.25, 0.3) is 0 Å². The van der Waals surface area contributed by atoms with Crippen molar-refractivity contribution >= 4 is 16.7 Å². The van der Waals surface area contributed by atoms with Crippen LogP contribution in [0.3, 0.4) is 0 Å². The Kier molecular flexibility index (Phi) is 9.14. The zero-order valence-electron chi connectivity index (χ0n) is 19.0. The monoisotopic (exact) mass is 581 g/mol. The fourth-order valence-electron chi connectivity index (χ4n) is 3.30. The number of benzene rings is 2. The molecule has 4 heteroatoms. The summed E-state index contributed by atoms with van der Waals surface area (Å²) in [5, 5.41) is 9.61. The van der Waals surface area contributed by atoms with E-state index in [-0.39, 0.29) is 31.6 Å². The molecule has 0 fully saturated rings. The second-order valence-corrected chi connectivity index (χ2v) is 7.74. The molecule has 3 nitrogen and oxygen atoms in total. The second kappa shape index (κ2) is 10.7. The maximum absolute atomic E-state index is 10.0. The average Bonchev–Trinajstić information content (AvgIpc) is 2.62. The van der Waals surface area contributed by atoms with E-state index in [2.05, 4.69) is 71.9 Å². The molecular formula is C26H30IrNO2-. The summed E-state index contributed by atoms with van der Waals surface area (Å²) in [4.78, 5) is 14.9. The van der Waals surface area contributed by atoms with Gasteiger partial charge in [-0.2, -0.15) is 0 Å². The van der Waals surface area contributed by atoms with E-state index in [0.717, 1.165) is 16.8 Å². The summed E-state index contributed by atoms with van der Waals surface area (Å²) in [5.74, 6) is -0.0625. The third-order valence-corrected chi connectivity index (χ3v) is 5.24. The molecule has 0 aliphatic carbocycles. The molecule has 1 N–H and O–H groups in total. The molecule has 0 aliphatic heterocycles. The Bertz CT molecular complexity index is 1110. The van der Waals surface area contributed by atoms with Gasteiger partial charge < -0.3 is 5.11 Å². The van der Waals surface area contributed by atoms with Crippen molar-refractivity contribution in [1.29, 1.82) is 0 Å². The fraction of sp³-hybridized carbons (Fsp3) is 0.308. The Labute approximate surface area is 193 Å². The summed E-state index contributed by atoms with van der Waals surface area (Å²) in [6, 6.07) is 12.2. The zero-order valence-corrected chi connectivity index (χ0v) is 21.4. The van der Waals surface area contributed by atoms with Crippen molar-refractivity contribution in [2.45, 2.75) is 55.4 Å². The molecule has 0 spiro atoms. The van der Waals surface area contributed by atoms with Crippen molar-refractivity contribution in [3.63, 3.8) is 0 Å². The fourth-order valence-corrected chi connectivity index (χ4v) is 3.30. The molecule has 0 bridgehead atoms. The topological polar surface area (TPSA) is 50.2 Å². The van der Waals surface area contributed by atoms with Gasteiger partial charge >= 0.3 is 0 Å². The molecule has 0 saturated heterocycles. The summed E-state index contributed by atoms with van der Waals surface area (Å²) in [6.45, 7) is 15.7. The van der Waals surface area contributed by atoms with Crippen LogP contribution in [0.15, 0.2) is 36.1 Å². The molecular weight excluding hydrogens is 551 g/mol. The minimum Gasteiger partial charge on any atom is -0.512 e. The number of carbonyl (C=O) groups is 1. The first-order valence-electron chi connectivity index (χ1n) is 9.77. The van der Waals surface area contributed by atoms with E-state index < -0.39 is 0 Å². The first kappa shape index (κ1) is 25.7. The van der Waals surface area contributed by atoms with Crippen LogP contribution in [0.25, 0.3) is 22.2 Å². The SMILES string of the molecule is CC(=O)/C=C(/C)O.Cc1[c-]c(-c2ccc3c(C)c(C)c(C)cc3n2)c(C)cc1C.[Ir]. The number of aryl methyl sites for hydroxylation is 5. The van der Waals surface area contributed by atoms with Gasteiger partial charge in [0, 0.05) is 31.6 Å². The van der Waals surface area contributed by atoms with Crippen LogP contribution in [-0.2, 0) is 24.9 Å². The van der Waals surface area contributed by atoms with Crippen LogP contribution in [0.2, 0.25) is 0 Å². The smallest absolute Gasteiger partial charge is 0.155 e. The van der Waals surface area contributed by atoms with Crippen LogP contribution >= 0.6 is 0 Å². The summed E-state index contributed by atoms with van der Waals surface area (Å²) >= 11 is 0. The van der Waals surface area contributed by atoms with Gasteiger partial charge in [0.05, 0.1) is 11.3 Å². The Balaban J connectivity index is 0.000000489. The van der Waals surface area contributed by atoms with Gasteiger partial charge in [-0.25, -0.2) is 0 Å². The molecule has 0 amide bonds. The molecule has 0 saturated carbocycles.